The number of amides is 1. The molecule has 1 amide bonds. The molecular formula is C16H16BrNO6. The molecule has 0 atom stereocenters. The van der Waals surface area contributed by atoms with Crippen molar-refractivity contribution in [3.63, 3.8) is 0 Å². The molecule has 7 nitrogen and oxygen atoms in total. The number of benzene rings is 1. The smallest absolute Gasteiger partial charge is 0.353 e. The Morgan fingerprint density at radius 3 is 2.62 bits per heavy atom. The van der Waals surface area contributed by atoms with Crippen molar-refractivity contribution in [1.29, 1.82) is 0 Å². The van der Waals surface area contributed by atoms with Crippen LogP contribution in [0, 0.1) is 0 Å². The van der Waals surface area contributed by atoms with Gasteiger partial charge in [0.05, 0.1) is 5.39 Å². The van der Waals surface area contributed by atoms with Gasteiger partial charge < -0.3 is 19.6 Å². The van der Waals surface area contributed by atoms with Gasteiger partial charge in [0, 0.05) is 4.47 Å². The number of esters is 1. The molecule has 8 heteroatoms. The Kier molecular flexibility index (Phi) is 4.98. The molecule has 0 fully saturated rings. The Hall–Kier alpha value is -2.35. The average Bonchev–Trinajstić information content (AvgIpc) is 2.42. The van der Waals surface area contributed by atoms with Crippen molar-refractivity contribution < 1.29 is 23.8 Å². The van der Waals surface area contributed by atoms with E-state index in [9.17, 15) is 19.5 Å². The maximum absolute atomic E-state index is 12.1. The third-order valence-electron chi connectivity index (χ3n) is 2.88. The van der Waals surface area contributed by atoms with Gasteiger partial charge in [0.25, 0.3) is 5.91 Å². The van der Waals surface area contributed by atoms with Gasteiger partial charge in [0.2, 0.25) is 0 Å². The molecule has 2 rings (SSSR count). The Morgan fingerprint density at radius 1 is 1.33 bits per heavy atom. The van der Waals surface area contributed by atoms with Gasteiger partial charge in [-0.15, -0.1) is 0 Å². The van der Waals surface area contributed by atoms with Gasteiger partial charge in [-0.25, -0.2) is 4.79 Å². The first-order valence-corrected chi connectivity index (χ1v) is 7.83. The van der Waals surface area contributed by atoms with Crippen molar-refractivity contribution in [2.24, 2.45) is 0 Å². The van der Waals surface area contributed by atoms with Gasteiger partial charge >= 0.3 is 11.6 Å². The Balaban J connectivity index is 2.25. The lowest BCUT2D eigenvalue weighted by atomic mass is 10.1. The lowest BCUT2D eigenvalue weighted by Gasteiger charge is -2.19. The van der Waals surface area contributed by atoms with Crippen molar-refractivity contribution >= 4 is 38.8 Å². The second kappa shape index (κ2) is 6.64. The van der Waals surface area contributed by atoms with Gasteiger partial charge in [-0.1, -0.05) is 15.9 Å². The molecule has 2 aromatic rings. The number of aromatic hydroxyl groups is 1. The molecule has 1 aromatic heterocycles. The molecule has 2 N–H and O–H groups in total. The molecule has 0 aliphatic rings. The van der Waals surface area contributed by atoms with Crippen LogP contribution >= 0.6 is 15.9 Å². The minimum absolute atomic E-state index is 0.135. The summed E-state index contributed by atoms with van der Waals surface area (Å²) in [6, 6.07) is 4.63. The molecule has 0 bridgehead atoms. The van der Waals surface area contributed by atoms with E-state index in [0.717, 1.165) is 0 Å². The minimum Gasteiger partial charge on any atom is -0.506 e. The zero-order chi connectivity index (χ0) is 18.1. The standard InChI is InChI=1S/C16H16BrNO6/c1-16(2,3)24-11(19)7-18-14(21)12-13(20)9-5-4-8(17)6-10(9)23-15(12)22/h4-6,20H,7H2,1-3H3,(H,18,21). The topological polar surface area (TPSA) is 106 Å². The highest BCUT2D eigenvalue weighted by Gasteiger charge is 2.23. The molecule has 0 unspecified atom stereocenters. The Labute approximate surface area is 145 Å². The van der Waals surface area contributed by atoms with E-state index in [0.29, 0.717) is 4.47 Å². The monoisotopic (exact) mass is 397 g/mol. The number of fused-ring (bicyclic) bond motifs is 1. The highest BCUT2D eigenvalue weighted by Crippen LogP contribution is 2.28. The van der Waals surface area contributed by atoms with E-state index < -0.39 is 41.0 Å². The quantitative estimate of drug-likeness (QED) is 0.607. The van der Waals surface area contributed by atoms with E-state index in [1.54, 1.807) is 26.8 Å². The summed E-state index contributed by atoms with van der Waals surface area (Å²) < 4.78 is 10.7. The first kappa shape index (κ1) is 18.0. The number of rotatable bonds is 3. The lowest BCUT2D eigenvalue weighted by Crippen LogP contribution is -2.36. The second-order valence-electron chi connectivity index (χ2n) is 6.02. The third kappa shape index (κ3) is 4.14. The number of hydrogen-bond acceptors (Lipinski definition) is 6. The number of nitrogens with one attached hydrogen (secondary N) is 1. The van der Waals surface area contributed by atoms with Crippen molar-refractivity contribution in [3.05, 3.63) is 38.7 Å². The van der Waals surface area contributed by atoms with Crippen LogP contribution in [0.25, 0.3) is 11.0 Å². The van der Waals surface area contributed by atoms with Crippen molar-refractivity contribution in [1.82, 2.24) is 5.32 Å². The SMILES string of the molecule is CC(C)(C)OC(=O)CNC(=O)c1c(O)c2ccc(Br)cc2oc1=O. The summed E-state index contributed by atoms with van der Waals surface area (Å²) in [6.45, 7) is 4.63. The number of carbonyl (C=O) groups is 2. The van der Waals surface area contributed by atoms with Crippen LogP contribution in [0.4, 0.5) is 0 Å². The summed E-state index contributed by atoms with van der Waals surface area (Å²) in [4.78, 5) is 35.7. The van der Waals surface area contributed by atoms with Gasteiger partial charge in [0.15, 0.2) is 5.56 Å². The molecule has 0 aliphatic heterocycles. The molecule has 1 aromatic carbocycles. The summed E-state index contributed by atoms with van der Waals surface area (Å²) in [6.07, 6.45) is 0. The normalized spacial score (nSPS) is 11.3. The molecule has 128 valence electrons. The first-order valence-electron chi connectivity index (χ1n) is 7.04. The molecule has 1 heterocycles. The summed E-state index contributed by atoms with van der Waals surface area (Å²) in [7, 11) is 0. The van der Waals surface area contributed by atoms with Crippen LogP contribution in [-0.2, 0) is 9.53 Å². The average molecular weight is 398 g/mol. The Morgan fingerprint density at radius 2 is 2.00 bits per heavy atom. The molecule has 0 radical (unpaired) electrons. The van der Waals surface area contributed by atoms with Crippen LogP contribution in [0.15, 0.2) is 31.9 Å². The summed E-state index contributed by atoms with van der Waals surface area (Å²) in [5.41, 5.74) is -2.12. The maximum atomic E-state index is 12.1. The van der Waals surface area contributed by atoms with Crippen LogP contribution < -0.4 is 10.9 Å². The molecule has 24 heavy (non-hydrogen) atoms. The van der Waals surface area contributed by atoms with Gasteiger partial charge in [-0.2, -0.15) is 0 Å². The van der Waals surface area contributed by atoms with Crippen LogP contribution in [-0.4, -0.2) is 29.1 Å². The fraction of sp³-hybridized carbons (Fsp3) is 0.312. The van der Waals surface area contributed by atoms with Crippen molar-refractivity contribution in [3.8, 4) is 5.75 Å². The zero-order valence-corrected chi connectivity index (χ0v) is 14.9. The molecule has 0 aliphatic carbocycles. The Bertz CT molecular complexity index is 865. The lowest BCUT2D eigenvalue weighted by molar-refractivity contribution is -0.153. The van der Waals surface area contributed by atoms with Crippen LogP contribution in [0.3, 0.4) is 0 Å². The van der Waals surface area contributed by atoms with Gasteiger partial charge in [-0.3, -0.25) is 9.59 Å². The number of ether oxygens (including phenoxy) is 1. The van der Waals surface area contributed by atoms with E-state index >= 15 is 0 Å². The number of carbonyl (C=O) groups excluding carboxylic acids is 2. The van der Waals surface area contributed by atoms with Gasteiger partial charge in [-0.05, 0) is 39.0 Å². The summed E-state index contributed by atoms with van der Waals surface area (Å²) in [5, 5.41) is 12.6. The van der Waals surface area contributed by atoms with Crippen LogP contribution in [0.2, 0.25) is 0 Å². The molecule has 0 saturated carbocycles. The van der Waals surface area contributed by atoms with Crippen molar-refractivity contribution in [2.75, 3.05) is 6.54 Å². The molecule has 0 saturated heterocycles. The largest absolute Gasteiger partial charge is 0.506 e. The maximum Gasteiger partial charge on any atom is 0.353 e. The predicted octanol–water partition coefficient (Wildman–Crippen LogP) is 2.33. The highest BCUT2D eigenvalue weighted by molar-refractivity contribution is 9.10. The molecular weight excluding hydrogens is 382 g/mol. The second-order valence-corrected chi connectivity index (χ2v) is 6.94. The third-order valence-corrected chi connectivity index (χ3v) is 3.38. The van der Waals surface area contributed by atoms with E-state index in [4.69, 9.17) is 9.15 Å². The number of halogens is 1. The van der Waals surface area contributed by atoms with Crippen molar-refractivity contribution in [2.45, 2.75) is 26.4 Å². The van der Waals surface area contributed by atoms with E-state index in [1.165, 1.54) is 12.1 Å². The summed E-state index contributed by atoms with van der Waals surface area (Å²) in [5.74, 6) is -2.09. The highest BCUT2D eigenvalue weighted by atomic mass is 79.9. The van der Waals surface area contributed by atoms with Crippen LogP contribution in [0.5, 0.6) is 5.75 Å². The fourth-order valence-corrected chi connectivity index (χ4v) is 2.32. The van der Waals surface area contributed by atoms with Gasteiger partial charge in [0.1, 0.15) is 23.5 Å². The first-order chi connectivity index (χ1) is 11.1. The van der Waals surface area contributed by atoms with Crippen LogP contribution in [0.1, 0.15) is 31.1 Å². The summed E-state index contributed by atoms with van der Waals surface area (Å²) >= 11 is 3.22. The van der Waals surface area contributed by atoms with E-state index in [1.807, 2.05) is 0 Å². The molecule has 0 spiro atoms. The number of hydrogen-bond donors (Lipinski definition) is 2. The van der Waals surface area contributed by atoms with E-state index in [2.05, 4.69) is 21.2 Å². The minimum atomic E-state index is -1.00. The fourth-order valence-electron chi connectivity index (χ4n) is 1.98. The van der Waals surface area contributed by atoms with E-state index in [-0.39, 0.29) is 11.0 Å². The zero-order valence-electron chi connectivity index (χ0n) is 13.3. The predicted molar refractivity (Wildman–Crippen MR) is 90.0 cm³/mol.